The SMILES string of the molecule is O=C1CC(=O)/C(=C/c2ccnc(CCC3CCCCC3)n2)S1. The molecule has 1 saturated carbocycles. The van der Waals surface area contributed by atoms with Gasteiger partial charge < -0.3 is 0 Å². The van der Waals surface area contributed by atoms with Crippen LogP contribution in [0.2, 0.25) is 0 Å². The van der Waals surface area contributed by atoms with Gasteiger partial charge in [0.1, 0.15) is 5.82 Å². The molecule has 4 nitrogen and oxygen atoms in total. The molecule has 1 aromatic rings. The van der Waals surface area contributed by atoms with Crippen molar-refractivity contribution in [1.29, 1.82) is 0 Å². The van der Waals surface area contributed by atoms with Crippen LogP contribution in [0.4, 0.5) is 0 Å². The van der Waals surface area contributed by atoms with Gasteiger partial charge in [-0.25, -0.2) is 9.97 Å². The van der Waals surface area contributed by atoms with E-state index >= 15 is 0 Å². The summed E-state index contributed by atoms with van der Waals surface area (Å²) in [5, 5.41) is -0.0807. The molecule has 2 fully saturated rings. The number of rotatable bonds is 4. The molecule has 0 unspecified atom stereocenters. The Kier molecular flexibility index (Phi) is 5.03. The summed E-state index contributed by atoms with van der Waals surface area (Å²) in [5.41, 5.74) is 0.721. The van der Waals surface area contributed by atoms with Crippen molar-refractivity contribution in [2.75, 3.05) is 0 Å². The van der Waals surface area contributed by atoms with Crippen molar-refractivity contribution >= 4 is 28.7 Å². The van der Waals surface area contributed by atoms with Crippen LogP contribution in [0.5, 0.6) is 0 Å². The third-order valence-electron chi connectivity index (χ3n) is 4.31. The average molecular weight is 316 g/mol. The molecule has 1 aliphatic carbocycles. The van der Waals surface area contributed by atoms with Gasteiger partial charge in [0, 0.05) is 12.6 Å². The number of thioether (sulfide) groups is 1. The van der Waals surface area contributed by atoms with E-state index in [1.165, 1.54) is 32.1 Å². The number of carbonyl (C=O) groups is 2. The largest absolute Gasteiger partial charge is 0.293 e. The van der Waals surface area contributed by atoms with Gasteiger partial charge in [0.2, 0.25) is 5.12 Å². The molecule has 3 rings (SSSR count). The lowest BCUT2D eigenvalue weighted by molar-refractivity contribution is -0.119. The quantitative estimate of drug-likeness (QED) is 0.628. The average Bonchev–Trinajstić information content (AvgIpc) is 2.84. The first kappa shape index (κ1) is 15.4. The monoisotopic (exact) mass is 316 g/mol. The molecule has 0 aromatic carbocycles. The lowest BCUT2D eigenvalue weighted by Crippen LogP contribution is -2.08. The van der Waals surface area contributed by atoms with Crippen molar-refractivity contribution in [3.05, 3.63) is 28.7 Å². The van der Waals surface area contributed by atoms with Crippen molar-refractivity contribution in [2.24, 2.45) is 5.92 Å². The van der Waals surface area contributed by atoms with Gasteiger partial charge in [0.05, 0.1) is 17.0 Å². The summed E-state index contributed by atoms with van der Waals surface area (Å²) >= 11 is 1.02. The molecule has 1 aromatic heterocycles. The summed E-state index contributed by atoms with van der Waals surface area (Å²) in [6.07, 6.45) is 12.2. The minimum absolute atomic E-state index is 0.0100. The molecule has 2 aliphatic rings. The van der Waals surface area contributed by atoms with Crippen LogP contribution in [0.25, 0.3) is 6.08 Å². The Morgan fingerprint density at radius 3 is 2.77 bits per heavy atom. The highest BCUT2D eigenvalue weighted by molar-refractivity contribution is 8.18. The van der Waals surface area contributed by atoms with Crippen LogP contribution in [0.3, 0.4) is 0 Å². The van der Waals surface area contributed by atoms with Crippen LogP contribution in [0.1, 0.15) is 56.5 Å². The van der Waals surface area contributed by atoms with Crippen LogP contribution >= 0.6 is 11.8 Å². The van der Waals surface area contributed by atoms with E-state index in [0.717, 1.165) is 42.0 Å². The van der Waals surface area contributed by atoms with E-state index in [-0.39, 0.29) is 17.3 Å². The van der Waals surface area contributed by atoms with E-state index in [1.807, 2.05) is 0 Å². The summed E-state index contributed by atoms with van der Waals surface area (Å²) in [7, 11) is 0. The van der Waals surface area contributed by atoms with E-state index in [9.17, 15) is 9.59 Å². The lowest BCUT2D eigenvalue weighted by atomic mass is 9.86. The highest BCUT2D eigenvalue weighted by Gasteiger charge is 2.25. The number of aromatic nitrogens is 2. The number of aryl methyl sites for hydroxylation is 1. The van der Waals surface area contributed by atoms with Crippen molar-refractivity contribution < 1.29 is 9.59 Å². The number of carbonyl (C=O) groups excluding carboxylic acids is 2. The van der Waals surface area contributed by atoms with Gasteiger partial charge in [0.25, 0.3) is 0 Å². The second-order valence-electron chi connectivity index (χ2n) is 6.02. The number of hydrogen-bond donors (Lipinski definition) is 0. The summed E-state index contributed by atoms with van der Waals surface area (Å²) in [4.78, 5) is 32.3. The van der Waals surface area contributed by atoms with Gasteiger partial charge >= 0.3 is 0 Å². The lowest BCUT2D eigenvalue weighted by Gasteiger charge is -2.20. The Bertz CT molecular complexity index is 606. The molecule has 2 heterocycles. The van der Waals surface area contributed by atoms with Crippen molar-refractivity contribution in [2.45, 2.75) is 51.4 Å². The minimum Gasteiger partial charge on any atom is -0.293 e. The highest BCUT2D eigenvalue weighted by Crippen LogP contribution is 2.30. The van der Waals surface area contributed by atoms with Crippen molar-refractivity contribution in [3.8, 4) is 0 Å². The standard InChI is InChI=1S/C17H20N2O2S/c20-14-11-17(21)22-15(14)10-13-8-9-18-16(19-13)7-6-12-4-2-1-3-5-12/h8-10,12H,1-7,11H2/b15-10-. The molecule has 0 N–H and O–H groups in total. The van der Waals surface area contributed by atoms with Gasteiger partial charge in [-0.3, -0.25) is 9.59 Å². The molecule has 116 valence electrons. The second kappa shape index (κ2) is 7.18. The van der Waals surface area contributed by atoms with Gasteiger partial charge in [-0.15, -0.1) is 0 Å². The molecule has 22 heavy (non-hydrogen) atoms. The zero-order valence-electron chi connectivity index (χ0n) is 12.6. The van der Waals surface area contributed by atoms with Crippen LogP contribution in [0, 0.1) is 5.92 Å². The van der Waals surface area contributed by atoms with Gasteiger partial charge in [0.15, 0.2) is 5.78 Å². The molecule has 0 bridgehead atoms. The Balaban J connectivity index is 1.63. The number of nitrogens with zero attached hydrogens (tertiary/aromatic N) is 2. The third kappa shape index (κ3) is 4.03. The highest BCUT2D eigenvalue weighted by atomic mass is 32.2. The Hall–Kier alpha value is -1.49. The molecule has 0 atom stereocenters. The van der Waals surface area contributed by atoms with Gasteiger partial charge in [-0.05, 0) is 36.2 Å². The van der Waals surface area contributed by atoms with E-state index in [1.54, 1.807) is 18.3 Å². The van der Waals surface area contributed by atoms with E-state index in [2.05, 4.69) is 9.97 Å². The number of Topliss-reactive ketones (excluding diaryl/α,β-unsaturated/α-hetero) is 1. The molecule has 0 amide bonds. The first-order chi connectivity index (χ1) is 10.7. The Labute approximate surface area is 134 Å². The summed E-state index contributed by atoms with van der Waals surface area (Å²) < 4.78 is 0. The second-order valence-corrected chi connectivity index (χ2v) is 7.12. The first-order valence-electron chi connectivity index (χ1n) is 7.98. The maximum Gasteiger partial charge on any atom is 0.201 e. The van der Waals surface area contributed by atoms with E-state index in [0.29, 0.717) is 4.91 Å². The predicted octanol–water partition coefficient (Wildman–Crippen LogP) is 3.56. The van der Waals surface area contributed by atoms with Crippen LogP contribution in [0.15, 0.2) is 17.2 Å². The maximum atomic E-state index is 11.7. The molecule has 1 aliphatic heterocycles. The fourth-order valence-electron chi connectivity index (χ4n) is 3.10. The van der Waals surface area contributed by atoms with Gasteiger partial charge in [-0.2, -0.15) is 0 Å². The predicted molar refractivity (Wildman–Crippen MR) is 87.1 cm³/mol. The fourth-order valence-corrected chi connectivity index (χ4v) is 3.92. The molecule has 0 radical (unpaired) electrons. The molecular formula is C17H20N2O2S. The zero-order chi connectivity index (χ0) is 15.4. The summed E-state index contributed by atoms with van der Waals surface area (Å²) in [5.74, 6) is 1.54. The zero-order valence-corrected chi connectivity index (χ0v) is 13.4. The number of hydrogen-bond acceptors (Lipinski definition) is 5. The minimum atomic E-state index is -0.0997. The molecular weight excluding hydrogens is 296 g/mol. The molecule has 0 spiro atoms. The van der Waals surface area contributed by atoms with Gasteiger partial charge in [-0.1, -0.05) is 32.1 Å². The van der Waals surface area contributed by atoms with Crippen LogP contribution in [-0.4, -0.2) is 20.9 Å². The summed E-state index contributed by atoms with van der Waals surface area (Å²) in [6, 6.07) is 1.79. The van der Waals surface area contributed by atoms with Crippen LogP contribution < -0.4 is 0 Å². The molecule has 1 saturated heterocycles. The third-order valence-corrected chi connectivity index (χ3v) is 5.25. The Morgan fingerprint density at radius 2 is 2.05 bits per heavy atom. The normalized spacial score (nSPS) is 21.7. The van der Waals surface area contributed by atoms with Crippen molar-refractivity contribution in [1.82, 2.24) is 9.97 Å². The smallest absolute Gasteiger partial charge is 0.201 e. The maximum absolute atomic E-state index is 11.7. The van der Waals surface area contributed by atoms with Crippen LogP contribution in [-0.2, 0) is 16.0 Å². The topological polar surface area (TPSA) is 59.9 Å². The van der Waals surface area contributed by atoms with E-state index < -0.39 is 0 Å². The fraction of sp³-hybridized carbons (Fsp3) is 0.529. The Morgan fingerprint density at radius 1 is 1.23 bits per heavy atom. The van der Waals surface area contributed by atoms with E-state index in [4.69, 9.17) is 0 Å². The number of ketones is 1. The number of allylic oxidation sites excluding steroid dienone is 1. The van der Waals surface area contributed by atoms with Crippen molar-refractivity contribution in [3.63, 3.8) is 0 Å². The molecule has 5 heteroatoms. The first-order valence-corrected chi connectivity index (χ1v) is 8.80. The summed E-state index contributed by atoms with van der Waals surface area (Å²) in [6.45, 7) is 0.